The van der Waals surface area contributed by atoms with E-state index in [1.54, 1.807) is 49.6 Å². The summed E-state index contributed by atoms with van der Waals surface area (Å²) in [7, 11) is 1.60. The maximum absolute atomic E-state index is 12.3. The summed E-state index contributed by atoms with van der Waals surface area (Å²) in [5, 5.41) is 2.85. The molecule has 118 valence electrons. The van der Waals surface area contributed by atoms with Crippen LogP contribution in [0.25, 0.3) is 11.1 Å². The van der Waals surface area contributed by atoms with Crippen LogP contribution < -0.4 is 10.1 Å². The third-order valence-electron chi connectivity index (χ3n) is 3.51. The highest BCUT2D eigenvalue weighted by Gasteiger charge is 2.12. The summed E-state index contributed by atoms with van der Waals surface area (Å²) in [6, 6.07) is 12.4. The first-order valence-electron chi connectivity index (χ1n) is 7.42. The minimum atomic E-state index is -0.195. The van der Waals surface area contributed by atoms with Gasteiger partial charge in [0.25, 0.3) is 5.91 Å². The normalized spacial score (nSPS) is 11.0. The molecule has 2 aromatic carbocycles. The average molecular weight is 310 g/mol. The number of fused-ring (bicyclic) bond motifs is 1. The van der Waals surface area contributed by atoms with Crippen molar-refractivity contribution in [3.05, 3.63) is 53.9 Å². The molecule has 0 saturated carbocycles. The largest absolute Gasteiger partial charge is 0.497 e. The van der Waals surface area contributed by atoms with Gasteiger partial charge in [0.05, 0.1) is 7.11 Å². The standard InChI is InChI=1S/C18H18N2O3/c1-11(2)18-20-15-9-4-12(10-16(15)23-18)17(21)19-13-5-7-14(22-3)8-6-13/h4-11H,1-3H3,(H,19,21). The SMILES string of the molecule is COc1ccc(NC(=O)c2ccc3nc(C(C)C)oc3c2)cc1. The van der Waals surface area contributed by atoms with Crippen molar-refractivity contribution < 1.29 is 13.9 Å². The monoisotopic (exact) mass is 310 g/mol. The molecule has 5 heteroatoms. The molecule has 3 aromatic rings. The predicted octanol–water partition coefficient (Wildman–Crippen LogP) is 4.21. The number of anilines is 1. The van der Waals surface area contributed by atoms with E-state index < -0.39 is 0 Å². The Morgan fingerprint density at radius 2 is 1.91 bits per heavy atom. The van der Waals surface area contributed by atoms with Gasteiger partial charge in [-0.3, -0.25) is 4.79 Å². The Bertz CT molecular complexity index is 835. The molecule has 3 rings (SSSR count). The van der Waals surface area contributed by atoms with Crippen LogP contribution in [0.5, 0.6) is 5.75 Å². The smallest absolute Gasteiger partial charge is 0.255 e. The first kappa shape index (κ1) is 15.1. The summed E-state index contributed by atoms with van der Waals surface area (Å²) in [4.78, 5) is 16.8. The van der Waals surface area contributed by atoms with Crippen molar-refractivity contribution in [2.24, 2.45) is 0 Å². The minimum Gasteiger partial charge on any atom is -0.497 e. The lowest BCUT2D eigenvalue weighted by atomic mass is 10.2. The molecule has 0 radical (unpaired) electrons. The van der Waals surface area contributed by atoms with E-state index in [1.807, 2.05) is 13.8 Å². The van der Waals surface area contributed by atoms with Crippen molar-refractivity contribution in [1.82, 2.24) is 4.98 Å². The van der Waals surface area contributed by atoms with Gasteiger partial charge in [0.1, 0.15) is 11.3 Å². The molecule has 0 aliphatic rings. The van der Waals surface area contributed by atoms with Gasteiger partial charge < -0.3 is 14.5 Å². The van der Waals surface area contributed by atoms with Gasteiger partial charge in [-0.25, -0.2) is 4.98 Å². The lowest BCUT2D eigenvalue weighted by Crippen LogP contribution is -2.11. The molecule has 0 fully saturated rings. The summed E-state index contributed by atoms with van der Waals surface area (Å²) in [5.74, 6) is 1.43. The van der Waals surface area contributed by atoms with Crippen LogP contribution in [0.3, 0.4) is 0 Å². The van der Waals surface area contributed by atoms with Gasteiger partial charge in [0, 0.05) is 17.2 Å². The maximum Gasteiger partial charge on any atom is 0.255 e. The summed E-state index contributed by atoms with van der Waals surface area (Å²) in [6.45, 7) is 4.03. The van der Waals surface area contributed by atoms with E-state index in [9.17, 15) is 4.79 Å². The fraction of sp³-hybridized carbons (Fsp3) is 0.222. The van der Waals surface area contributed by atoms with Crippen LogP contribution in [0.1, 0.15) is 36.0 Å². The van der Waals surface area contributed by atoms with Gasteiger partial charge in [-0.1, -0.05) is 13.8 Å². The number of benzene rings is 2. The van der Waals surface area contributed by atoms with E-state index in [-0.39, 0.29) is 11.8 Å². The summed E-state index contributed by atoms with van der Waals surface area (Å²) in [5.41, 5.74) is 2.61. The number of hydrogen-bond acceptors (Lipinski definition) is 4. The molecule has 0 atom stereocenters. The Balaban J connectivity index is 1.82. The van der Waals surface area contributed by atoms with Gasteiger partial charge in [0.15, 0.2) is 11.5 Å². The number of nitrogens with one attached hydrogen (secondary N) is 1. The number of carbonyl (C=O) groups excluding carboxylic acids is 1. The van der Waals surface area contributed by atoms with Crippen molar-refractivity contribution >= 4 is 22.7 Å². The van der Waals surface area contributed by atoms with Crippen LogP contribution in [0, 0.1) is 0 Å². The lowest BCUT2D eigenvalue weighted by Gasteiger charge is -2.06. The van der Waals surface area contributed by atoms with Gasteiger partial charge in [0.2, 0.25) is 0 Å². The molecule has 0 saturated heterocycles. The van der Waals surface area contributed by atoms with E-state index in [0.29, 0.717) is 22.7 Å². The number of carbonyl (C=O) groups is 1. The summed E-state index contributed by atoms with van der Waals surface area (Å²) < 4.78 is 10.8. The minimum absolute atomic E-state index is 0.195. The molecule has 0 unspecified atom stereocenters. The van der Waals surface area contributed by atoms with Crippen LogP contribution in [0.4, 0.5) is 5.69 Å². The Hall–Kier alpha value is -2.82. The second-order valence-corrected chi connectivity index (χ2v) is 5.57. The summed E-state index contributed by atoms with van der Waals surface area (Å²) in [6.07, 6.45) is 0. The number of rotatable bonds is 4. The Morgan fingerprint density at radius 3 is 2.57 bits per heavy atom. The highest BCUT2D eigenvalue weighted by atomic mass is 16.5. The van der Waals surface area contributed by atoms with Gasteiger partial charge in [-0.2, -0.15) is 0 Å². The third-order valence-corrected chi connectivity index (χ3v) is 3.51. The Kier molecular flexibility index (Phi) is 4.02. The van der Waals surface area contributed by atoms with E-state index >= 15 is 0 Å². The molecule has 1 amide bonds. The molecule has 1 aromatic heterocycles. The highest BCUT2D eigenvalue weighted by molar-refractivity contribution is 6.05. The van der Waals surface area contributed by atoms with E-state index in [2.05, 4.69) is 10.3 Å². The molecular formula is C18H18N2O3. The van der Waals surface area contributed by atoms with Crippen LogP contribution in [0.2, 0.25) is 0 Å². The average Bonchev–Trinajstić information content (AvgIpc) is 2.99. The van der Waals surface area contributed by atoms with Gasteiger partial charge >= 0.3 is 0 Å². The second kappa shape index (κ2) is 6.12. The van der Waals surface area contributed by atoms with Crippen molar-refractivity contribution in [2.45, 2.75) is 19.8 Å². The van der Waals surface area contributed by atoms with E-state index in [4.69, 9.17) is 9.15 Å². The highest BCUT2D eigenvalue weighted by Crippen LogP contribution is 2.23. The number of aromatic nitrogens is 1. The first-order chi connectivity index (χ1) is 11.1. The Labute approximate surface area is 134 Å². The number of nitrogens with zero attached hydrogens (tertiary/aromatic N) is 1. The third kappa shape index (κ3) is 3.18. The maximum atomic E-state index is 12.3. The number of methoxy groups -OCH3 is 1. The molecule has 0 aliphatic carbocycles. The molecule has 0 spiro atoms. The topological polar surface area (TPSA) is 64.4 Å². The number of hydrogen-bond donors (Lipinski definition) is 1. The van der Waals surface area contributed by atoms with Crippen LogP contribution in [-0.4, -0.2) is 18.0 Å². The zero-order valence-electron chi connectivity index (χ0n) is 13.3. The molecule has 5 nitrogen and oxygen atoms in total. The number of ether oxygens (including phenoxy) is 1. The number of oxazole rings is 1. The number of amides is 1. The van der Waals surface area contributed by atoms with Crippen molar-refractivity contribution in [2.75, 3.05) is 12.4 Å². The predicted molar refractivity (Wildman–Crippen MR) is 89.0 cm³/mol. The van der Waals surface area contributed by atoms with Crippen molar-refractivity contribution in [3.63, 3.8) is 0 Å². The first-order valence-corrected chi connectivity index (χ1v) is 7.42. The Morgan fingerprint density at radius 1 is 1.17 bits per heavy atom. The molecule has 0 bridgehead atoms. The molecule has 23 heavy (non-hydrogen) atoms. The van der Waals surface area contributed by atoms with E-state index in [0.717, 1.165) is 11.3 Å². The summed E-state index contributed by atoms with van der Waals surface area (Å²) >= 11 is 0. The van der Waals surface area contributed by atoms with Crippen LogP contribution >= 0.6 is 0 Å². The fourth-order valence-electron chi connectivity index (χ4n) is 2.21. The fourth-order valence-corrected chi connectivity index (χ4v) is 2.21. The second-order valence-electron chi connectivity index (χ2n) is 5.57. The van der Waals surface area contributed by atoms with Crippen LogP contribution in [-0.2, 0) is 0 Å². The van der Waals surface area contributed by atoms with Gasteiger partial charge in [-0.05, 0) is 42.5 Å². The van der Waals surface area contributed by atoms with Crippen LogP contribution in [0.15, 0.2) is 46.9 Å². The molecule has 0 aliphatic heterocycles. The van der Waals surface area contributed by atoms with Gasteiger partial charge in [-0.15, -0.1) is 0 Å². The zero-order valence-corrected chi connectivity index (χ0v) is 13.3. The molecular weight excluding hydrogens is 292 g/mol. The van der Waals surface area contributed by atoms with E-state index in [1.165, 1.54) is 0 Å². The quantitative estimate of drug-likeness (QED) is 0.784. The zero-order chi connectivity index (χ0) is 16.4. The van der Waals surface area contributed by atoms with Crippen molar-refractivity contribution in [3.8, 4) is 5.75 Å². The molecule has 1 heterocycles. The lowest BCUT2D eigenvalue weighted by molar-refractivity contribution is 0.102. The molecule has 1 N–H and O–H groups in total. The van der Waals surface area contributed by atoms with Crippen molar-refractivity contribution in [1.29, 1.82) is 0 Å².